The molecule has 0 radical (unpaired) electrons. The Balaban J connectivity index is 0.00000240. The molecule has 2 aromatic rings. The molecule has 2 amide bonds. The lowest BCUT2D eigenvalue weighted by atomic mass is 9.70. The van der Waals surface area contributed by atoms with E-state index in [1.165, 1.54) is 0 Å². The van der Waals surface area contributed by atoms with Crippen LogP contribution in [0.25, 0.3) is 6.08 Å². The SMILES string of the molecule is O=C(NO)c1ccc2c(c1)CC[C@@]1(CCN(C/C=C/c3ccccc3)C1=O)C2.S. The van der Waals surface area contributed by atoms with Crippen molar-refractivity contribution in [3.63, 3.8) is 0 Å². The summed E-state index contributed by atoms with van der Waals surface area (Å²) in [6.45, 7) is 1.43. The van der Waals surface area contributed by atoms with Crippen molar-refractivity contribution in [2.24, 2.45) is 5.41 Å². The molecule has 1 saturated heterocycles. The van der Waals surface area contributed by atoms with E-state index in [4.69, 9.17) is 5.21 Å². The van der Waals surface area contributed by atoms with Gasteiger partial charge in [-0.1, -0.05) is 48.6 Å². The molecule has 0 unspecified atom stereocenters. The average molecular weight is 411 g/mol. The Hall–Kier alpha value is -2.57. The second-order valence-electron chi connectivity index (χ2n) is 7.70. The number of likely N-dealkylation sites (tertiary alicyclic amines) is 1. The molecule has 29 heavy (non-hydrogen) atoms. The minimum absolute atomic E-state index is 0. The molecule has 1 atom stereocenters. The zero-order chi connectivity index (χ0) is 19.6. The normalized spacial score (nSPS) is 20.6. The molecule has 5 nitrogen and oxygen atoms in total. The van der Waals surface area contributed by atoms with E-state index < -0.39 is 5.91 Å². The maximum absolute atomic E-state index is 13.2. The highest BCUT2D eigenvalue weighted by molar-refractivity contribution is 7.59. The Kier molecular flexibility index (Phi) is 6.45. The number of nitrogens with one attached hydrogen (secondary N) is 1. The maximum Gasteiger partial charge on any atom is 0.274 e. The molecule has 0 bridgehead atoms. The molecule has 2 aromatic carbocycles. The highest BCUT2D eigenvalue weighted by Crippen LogP contribution is 2.43. The summed E-state index contributed by atoms with van der Waals surface area (Å²) in [5.74, 6) is -0.260. The molecule has 152 valence electrons. The first-order chi connectivity index (χ1) is 13.6. The van der Waals surface area contributed by atoms with Gasteiger partial charge in [-0.25, -0.2) is 5.48 Å². The highest BCUT2D eigenvalue weighted by atomic mass is 32.1. The fourth-order valence-corrected chi connectivity index (χ4v) is 4.41. The predicted octanol–water partition coefficient (Wildman–Crippen LogP) is 3.34. The number of nitrogens with zero attached hydrogens (tertiary/aromatic N) is 1. The number of aryl methyl sites for hydroxylation is 1. The van der Waals surface area contributed by atoms with Crippen LogP contribution in [-0.2, 0) is 17.6 Å². The van der Waals surface area contributed by atoms with Crippen LogP contribution < -0.4 is 5.48 Å². The van der Waals surface area contributed by atoms with Gasteiger partial charge in [0.15, 0.2) is 0 Å². The van der Waals surface area contributed by atoms with Crippen molar-refractivity contribution in [2.75, 3.05) is 13.1 Å². The van der Waals surface area contributed by atoms with Crippen molar-refractivity contribution in [1.29, 1.82) is 0 Å². The van der Waals surface area contributed by atoms with E-state index in [1.807, 2.05) is 47.4 Å². The van der Waals surface area contributed by atoms with E-state index in [-0.39, 0.29) is 24.8 Å². The summed E-state index contributed by atoms with van der Waals surface area (Å²) in [6.07, 6.45) is 7.30. The van der Waals surface area contributed by atoms with Gasteiger partial charge >= 0.3 is 0 Å². The van der Waals surface area contributed by atoms with E-state index in [9.17, 15) is 9.59 Å². The van der Waals surface area contributed by atoms with Gasteiger partial charge in [-0.2, -0.15) is 13.5 Å². The summed E-state index contributed by atoms with van der Waals surface area (Å²) < 4.78 is 0. The second-order valence-corrected chi connectivity index (χ2v) is 7.70. The van der Waals surface area contributed by atoms with Crippen molar-refractivity contribution in [3.05, 3.63) is 76.9 Å². The third kappa shape index (κ3) is 4.23. The standard InChI is InChI=1S/C23H24N2O3.H2S/c26-21(24-28)19-8-9-20-16-23(11-10-18(20)15-19)12-14-25(22(23)27)13-4-7-17-5-2-1-3-6-17;/h1-9,15,28H,10-14,16H2,(H,24,26);1H2/b7-4+;/t23-;/m1./s1. The van der Waals surface area contributed by atoms with Crippen LogP contribution in [-0.4, -0.2) is 35.0 Å². The zero-order valence-electron chi connectivity index (χ0n) is 16.2. The van der Waals surface area contributed by atoms with Gasteiger partial charge in [-0.15, -0.1) is 0 Å². The lowest BCUT2D eigenvalue weighted by Crippen LogP contribution is -2.38. The Morgan fingerprint density at radius 2 is 1.93 bits per heavy atom. The van der Waals surface area contributed by atoms with E-state index in [0.29, 0.717) is 12.1 Å². The summed E-state index contributed by atoms with van der Waals surface area (Å²) in [5.41, 5.74) is 5.18. The largest absolute Gasteiger partial charge is 0.338 e. The van der Waals surface area contributed by atoms with Crippen LogP contribution in [0, 0.1) is 5.41 Å². The van der Waals surface area contributed by atoms with Crippen LogP contribution in [0.2, 0.25) is 0 Å². The summed E-state index contributed by atoms with van der Waals surface area (Å²) in [6, 6.07) is 15.6. The van der Waals surface area contributed by atoms with Crippen LogP contribution >= 0.6 is 13.5 Å². The van der Waals surface area contributed by atoms with Crippen molar-refractivity contribution in [1.82, 2.24) is 10.4 Å². The smallest absolute Gasteiger partial charge is 0.274 e. The summed E-state index contributed by atoms with van der Waals surface area (Å²) >= 11 is 0. The Labute approximate surface area is 177 Å². The van der Waals surface area contributed by atoms with Crippen LogP contribution in [0.3, 0.4) is 0 Å². The lowest BCUT2D eigenvalue weighted by Gasteiger charge is -2.33. The molecular formula is C23H26N2O3S. The minimum Gasteiger partial charge on any atom is -0.338 e. The first kappa shape index (κ1) is 21.1. The number of hydrogen-bond acceptors (Lipinski definition) is 3. The average Bonchev–Trinajstić information content (AvgIpc) is 3.03. The van der Waals surface area contributed by atoms with E-state index in [0.717, 1.165) is 48.9 Å². The third-order valence-corrected chi connectivity index (χ3v) is 6.01. The first-order valence-corrected chi connectivity index (χ1v) is 9.68. The first-order valence-electron chi connectivity index (χ1n) is 9.68. The molecule has 1 spiro atoms. The van der Waals surface area contributed by atoms with Gasteiger partial charge in [-0.05, 0) is 54.5 Å². The Bertz CT molecular complexity index is 929. The molecule has 1 aliphatic heterocycles. The summed E-state index contributed by atoms with van der Waals surface area (Å²) in [5, 5.41) is 8.81. The number of carbonyl (C=O) groups is 2. The van der Waals surface area contributed by atoms with Crippen molar-refractivity contribution in [3.8, 4) is 0 Å². The summed E-state index contributed by atoms with van der Waals surface area (Å²) in [4.78, 5) is 26.7. The van der Waals surface area contributed by atoms with Crippen LogP contribution in [0.1, 0.15) is 39.9 Å². The fraction of sp³-hybridized carbons (Fsp3) is 0.304. The number of fused-ring (bicyclic) bond motifs is 1. The molecule has 1 heterocycles. The Morgan fingerprint density at radius 3 is 2.69 bits per heavy atom. The van der Waals surface area contributed by atoms with E-state index >= 15 is 0 Å². The number of carbonyl (C=O) groups excluding carboxylic acids is 2. The second kappa shape index (κ2) is 8.84. The van der Waals surface area contributed by atoms with Gasteiger partial charge in [0.1, 0.15) is 0 Å². The minimum atomic E-state index is -0.503. The van der Waals surface area contributed by atoms with E-state index in [1.54, 1.807) is 11.5 Å². The van der Waals surface area contributed by atoms with Crippen molar-refractivity contribution < 1.29 is 14.8 Å². The van der Waals surface area contributed by atoms with E-state index in [2.05, 4.69) is 12.2 Å². The molecule has 0 aromatic heterocycles. The molecule has 2 aliphatic rings. The predicted molar refractivity (Wildman–Crippen MR) is 117 cm³/mol. The lowest BCUT2D eigenvalue weighted by molar-refractivity contribution is -0.136. The number of hydrogen-bond donors (Lipinski definition) is 2. The van der Waals surface area contributed by atoms with Crippen molar-refractivity contribution in [2.45, 2.75) is 25.7 Å². The topological polar surface area (TPSA) is 69.6 Å². The van der Waals surface area contributed by atoms with Gasteiger partial charge < -0.3 is 4.90 Å². The molecule has 4 rings (SSSR count). The van der Waals surface area contributed by atoms with Gasteiger partial charge in [0.25, 0.3) is 5.91 Å². The number of hydroxylamine groups is 1. The maximum atomic E-state index is 13.2. The van der Waals surface area contributed by atoms with Gasteiger partial charge in [0.2, 0.25) is 5.91 Å². The van der Waals surface area contributed by atoms with Crippen LogP contribution in [0.5, 0.6) is 0 Å². The monoisotopic (exact) mass is 410 g/mol. The molecule has 0 saturated carbocycles. The fourth-order valence-electron chi connectivity index (χ4n) is 4.41. The molecule has 6 heteroatoms. The van der Waals surface area contributed by atoms with Crippen molar-refractivity contribution >= 4 is 31.4 Å². The molecule has 2 N–H and O–H groups in total. The molecule has 1 aliphatic carbocycles. The molecule has 1 fully saturated rings. The van der Waals surface area contributed by atoms with Crippen LogP contribution in [0.4, 0.5) is 0 Å². The highest BCUT2D eigenvalue weighted by Gasteiger charge is 2.47. The van der Waals surface area contributed by atoms with Gasteiger partial charge in [0, 0.05) is 18.7 Å². The quantitative estimate of drug-likeness (QED) is 0.600. The molecular weight excluding hydrogens is 384 g/mol. The van der Waals surface area contributed by atoms with Gasteiger partial charge in [-0.3, -0.25) is 14.8 Å². The Morgan fingerprint density at radius 1 is 1.14 bits per heavy atom. The number of amides is 2. The summed E-state index contributed by atoms with van der Waals surface area (Å²) in [7, 11) is 0. The van der Waals surface area contributed by atoms with Gasteiger partial charge in [0.05, 0.1) is 5.41 Å². The third-order valence-electron chi connectivity index (χ3n) is 6.01. The van der Waals surface area contributed by atoms with Crippen LogP contribution in [0.15, 0.2) is 54.6 Å². The number of rotatable bonds is 4. The number of benzene rings is 2. The zero-order valence-corrected chi connectivity index (χ0v) is 17.2.